The van der Waals surface area contributed by atoms with Gasteiger partial charge in [-0.05, 0) is 19.8 Å². The van der Waals surface area contributed by atoms with E-state index < -0.39 is 11.6 Å². The minimum atomic E-state index is -1.85. The molecule has 3 heterocycles. The first kappa shape index (κ1) is 14.3. The second-order valence-electron chi connectivity index (χ2n) is 6.48. The number of halogens is 1. The fourth-order valence-electron chi connectivity index (χ4n) is 3.04. The third-order valence-electron chi connectivity index (χ3n) is 4.52. The van der Waals surface area contributed by atoms with Gasteiger partial charge in [-0.15, -0.1) is 0 Å². The van der Waals surface area contributed by atoms with Crippen LogP contribution >= 0.6 is 0 Å². The molecule has 0 radical (unpaired) electrons. The first-order valence-electron chi connectivity index (χ1n) is 7.87. The lowest BCUT2D eigenvalue weighted by molar-refractivity contribution is -0.131. The topological polar surface area (TPSA) is 75.9 Å². The minimum absolute atomic E-state index is 0.0198. The summed E-state index contributed by atoms with van der Waals surface area (Å²) in [5.41, 5.74) is -1.14. The van der Waals surface area contributed by atoms with E-state index in [4.69, 9.17) is 0 Å². The van der Waals surface area contributed by atoms with Crippen LogP contribution in [0.15, 0.2) is 6.20 Å². The predicted molar refractivity (Wildman–Crippen MR) is 82.9 cm³/mol. The second-order valence-corrected chi connectivity index (χ2v) is 6.48. The van der Waals surface area contributed by atoms with Gasteiger partial charge in [-0.1, -0.05) is 0 Å². The average Bonchev–Trinajstić information content (AvgIpc) is 3.12. The average molecular weight is 318 g/mol. The monoisotopic (exact) mass is 318 g/mol. The fraction of sp³-hybridized carbons (Fsp3) is 0.600. The number of nitrogens with one attached hydrogen (secondary N) is 1. The molecule has 1 aliphatic heterocycles. The highest BCUT2D eigenvalue weighted by atomic mass is 19.1. The van der Waals surface area contributed by atoms with Gasteiger partial charge in [-0.25, -0.2) is 14.4 Å². The van der Waals surface area contributed by atoms with Gasteiger partial charge in [0.25, 0.3) is 5.91 Å². The van der Waals surface area contributed by atoms with Gasteiger partial charge in [0.2, 0.25) is 5.67 Å². The number of nitrogens with zero attached hydrogens (tertiary/aromatic N) is 5. The highest BCUT2D eigenvalue weighted by molar-refractivity contribution is 5.90. The summed E-state index contributed by atoms with van der Waals surface area (Å²) in [7, 11) is 1.81. The smallest absolute Gasteiger partial charge is 0.259 e. The van der Waals surface area contributed by atoms with Crippen molar-refractivity contribution in [3.05, 3.63) is 12.0 Å². The van der Waals surface area contributed by atoms with E-state index >= 15 is 4.39 Å². The Morgan fingerprint density at radius 3 is 2.96 bits per heavy atom. The third kappa shape index (κ3) is 2.42. The molecule has 1 saturated carbocycles. The van der Waals surface area contributed by atoms with Crippen LogP contribution in [0.1, 0.15) is 25.1 Å². The molecule has 122 valence electrons. The molecule has 0 aromatic carbocycles. The van der Waals surface area contributed by atoms with E-state index in [1.165, 1.54) is 0 Å². The summed E-state index contributed by atoms with van der Waals surface area (Å²) in [6.07, 6.45) is 3.77. The summed E-state index contributed by atoms with van der Waals surface area (Å²) >= 11 is 0. The minimum Gasteiger partial charge on any atom is -0.352 e. The lowest BCUT2D eigenvalue weighted by Crippen LogP contribution is -2.46. The Labute approximate surface area is 132 Å². The first-order valence-corrected chi connectivity index (χ1v) is 7.87. The van der Waals surface area contributed by atoms with E-state index in [9.17, 15) is 4.79 Å². The molecular weight excluding hydrogens is 299 g/mol. The molecule has 2 fully saturated rings. The van der Waals surface area contributed by atoms with Gasteiger partial charge in [-0.3, -0.25) is 9.48 Å². The Hall–Kier alpha value is -2.25. The highest BCUT2D eigenvalue weighted by Crippen LogP contribution is 2.33. The van der Waals surface area contributed by atoms with Crippen LogP contribution in [0.25, 0.3) is 11.0 Å². The highest BCUT2D eigenvalue weighted by Gasteiger charge is 2.47. The number of aromatic nitrogens is 4. The molecule has 4 rings (SSSR count). The number of alkyl halides is 1. The Kier molecular flexibility index (Phi) is 3.04. The zero-order valence-electron chi connectivity index (χ0n) is 13.2. The van der Waals surface area contributed by atoms with Crippen molar-refractivity contribution in [1.82, 2.24) is 25.1 Å². The van der Waals surface area contributed by atoms with Crippen molar-refractivity contribution in [1.29, 1.82) is 0 Å². The van der Waals surface area contributed by atoms with Crippen LogP contribution in [-0.2, 0) is 11.8 Å². The standard InChI is InChI=1S/C15H19FN6O/c1-9-18-12-11(7-17-21(12)2)13(19-9)22-6-5-15(16,8-22)14(23)20-10-3-4-10/h7,10H,3-6,8H2,1-2H3,(H,20,23). The number of carbonyl (C=O) groups excluding carboxylic acids is 1. The van der Waals surface area contributed by atoms with Crippen LogP contribution in [0.5, 0.6) is 0 Å². The summed E-state index contributed by atoms with van der Waals surface area (Å²) < 4.78 is 16.7. The van der Waals surface area contributed by atoms with Crippen LogP contribution < -0.4 is 10.2 Å². The normalized spacial score (nSPS) is 24.4. The molecule has 1 amide bonds. The number of rotatable bonds is 3. The van der Waals surface area contributed by atoms with Gasteiger partial charge in [0.15, 0.2) is 5.65 Å². The summed E-state index contributed by atoms with van der Waals surface area (Å²) in [5, 5.41) is 7.76. The molecular formula is C15H19FN6O. The van der Waals surface area contributed by atoms with E-state index in [1.807, 2.05) is 11.9 Å². The van der Waals surface area contributed by atoms with Crippen molar-refractivity contribution in [2.45, 2.75) is 37.9 Å². The van der Waals surface area contributed by atoms with E-state index in [2.05, 4.69) is 20.4 Å². The van der Waals surface area contributed by atoms with E-state index in [0.29, 0.717) is 23.8 Å². The Bertz CT molecular complexity index is 786. The number of anilines is 1. The Balaban J connectivity index is 1.63. The molecule has 1 atom stereocenters. The van der Waals surface area contributed by atoms with Gasteiger partial charge in [-0.2, -0.15) is 5.10 Å². The second kappa shape index (κ2) is 4.87. The zero-order chi connectivity index (χ0) is 16.2. The maximum Gasteiger partial charge on any atom is 0.259 e. The van der Waals surface area contributed by atoms with E-state index in [0.717, 1.165) is 18.2 Å². The van der Waals surface area contributed by atoms with Gasteiger partial charge >= 0.3 is 0 Å². The molecule has 8 heteroatoms. The number of aryl methyl sites for hydroxylation is 2. The summed E-state index contributed by atoms with van der Waals surface area (Å²) in [6.45, 7) is 2.27. The number of amides is 1. The van der Waals surface area contributed by atoms with Crippen molar-refractivity contribution >= 4 is 22.8 Å². The predicted octanol–water partition coefficient (Wildman–Crippen LogP) is 0.869. The van der Waals surface area contributed by atoms with Gasteiger partial charge < -0.3 is 10.2 Å². The van der Waals surface area contributed by atoms with Crippen LogP contribution in [-0.4, -0.2) is 50.5 Å². The van der Waals surface area contributed by atoms with Crippen molar-refractivity contribution in [3.63, 3.8) is 0 Å². The molecule has 2 aliphatic rings. The molecule has 1 unspecified atom stereocenters. The first-order chi connectivity index (χ1) is 11.0. The number of hydrogen-bond acceptors (Lipinski definition) is 5. The largest absolute Gasteiger partial charge is 0.352 e. The van der Waals surface area contributed by atoms with Crippen LogP contribution in [0, 0.1) is 6.92 Å². The molecule has 0 bridgehead atoms. The van der Waals surface area contributed by atoms with Gasteiger partial charge in [0.1, 0.15) is 11.6 Å². The van der Waals surface area contributed by atoms with Crippen LogP contribution in [0.2, 0.25) is 0 Å². The lowest BCUT2D eigenvalue weighted by atomic mass is 10.0. The molecule has 2 aromatic rings. The maximum absolute atomic E-state index is 15.0. The number of fused-ring (bicyclic) bond motifs is 1. The van der Waals surface area contributed by atoms with Crippen molar-refractivity contribution < 1.29 is 9.18 Å². The molecule has 1 saturated heterocycles. The number of carbonyl (C=O) groups is 1. The van der Waals surface area contributed by atoms with E-state index in [-0.39, 0.29) is 19.0 Å². The van der Waals surface area contributed by atoms with Gasteiger partial charge in [0, 0.05) is 26.1 Å². The third-order valence-corrected chi connectivity index (χ3v) is 4.52. The Morgan fingerprint density at radius 1 is 1.43 bits per heavy atom. The van der Waals surface area contributed by atoms with Crippen molar-refractivity contribution in [2.75, 3.05) is 18.0 Å². The van der Waals surface area contributed by atoms with Gasteiger partial charge in [0.05, 0.1) is 18.1 Å². The van der Waals surface area contributed by atoms with Crippen LogP contribution in [0.4, 0.5) is 10.2 Å². The maximum atomic E-state index is 15.0. The van der Waals surface area contributed by atoms with E-state index in [1.54, 1.807) is 17.8 Å². The fourth-order valence-corrected chi connectivity index (χ4v) is 3.04. The summed E-state index contributed by atoms with van der Waals surface area (Å²) in [6, 6.07) is 0.162. The SMILES string of the molecule is Cc1nc(N2CCC(F)(C(=O)NC3CC3)C2)c2cnn(C)c2n1. The zero-order valence-corrected chi connectivity index (χ0v) is 13.2. The molecule has 1 N–H and O–H groups in total. The lowest BCUT2D eigenvalue weighted by Gasteiger charge is -2.21. The molecule has 2 aromatic heterocycles. The van der Waals surface area contributed by atoms with Crippen LogP contribution in [0.3, 0.4) is 0 Å². The molecule has 0 spiro atoms. The van der Waals surface area contributed by atoms with Crippen molar-refractivity contribution in [3.8, 4) is 0 Å². The van der Waals surface area contributed by atoms with Crippen molar-refractivity contribution in [2.24, 2.45) is 7.05 Å². The molecule has 23 heavy (non-hydrogen) atoms. The molecule has 1 aliphatic carbocycles. The summed E-state index contributed by atoms with van der Waals surface area (Å²) in [5.74, 6) is 0.768. The summed E-state index contributed by atoms with van der Waals surface area (Å²) in [4.78, 5) is 22.8. The quantitative estimate of drug-likeness (QED) is 0.909. The molecule has 7 nitrogen and oxygen atoms in total. The number of hydrogen-bond donors (Lipinski definition) is 1. The Morgan fingerprint density at radius 2 is 2.22 bits per heavy atom.